The van der Waals surface area contributed by atoms with E-state index in [0.717, 1.165) is 50.1 Å². The monoisotopic (exact) mass is 577 g/mol. The van der Waals surface area contributed by atoms with Crippen LogP contribution in [0.3, 0.4) is 0 Å². The van der Waals surface area contributed by atoms with Gasteiger partial charge in [0, 0.05) is 38.8 Å². The number of benzene rings is 7. The van der Waals surface area contributed by atoms with Crippen molar-refractivity contribution in [3.63, 3.8) is 0 Å². The Morgan fingerprint density at radius 1 is 0.489 bits per heavy atom. The van der Waals surface area contributed by atoms with Crippen LogP contribution < -0.4 is 4.90 Å². The zero-order chi connectivity index (χ0) is 30.1. The van der Waals surface area contributed by atoms with Crippen molar-refractivity contribution in [2.45, 2.75) is 19.3 Å². The lowest BCUT2D eigenvalue weighted by atomic mass is 9.82. The molecule has 0 saturated heterocycles. The van der Waals surface area contributed by atoms with Crippen LogP contribution in [0.2, 0.25) is 0 Å². The van der Waals surface area contributed by atoms with Crippen LogP contribution >= 0.6 is 0 Å². The van der Waals surface area contributed by atoms with Gasteiger partial charge in [-0.25, -0.2) is 0 Å². The molecule has 0 unspecified atom stereocenters. The molecule has 9 rings (SSSR count). The highest BCUT2D eigenvalue weighted by Gasteiger charge is 2.35. The molecule has 0 aliphatic heterocycles. The minimum absolute atomic E-state index is 0.0237. The van der Waals surface area contributed by atoms with Gasteiger partial charge >= 0.3 is 0 Å². The molecule has 0 spiro atoms. The average Bonchev–Trinajstić information content (AvgIpc) is 3.56. The number of furan rings is 1. The Labute approximate surface area is 262 Å². The van der Waals surface area contributed by atoms with Crippen molar-refractivity contribution >= 4 is 49.8 Å². The first kappa shape index (κ1) is 25.9. The molecule has 2 heteroatoms. The molecule has 0 atom stereocenters. The second-order valence-electron chi connectivity index (χ2n) is 12.6. The zero-order valence-corrected chi connectivity index (χ0v) is 25.3. The van der Waals surface area contributed by atoms with Gasteiger partial charge in [-0.15, -0.1) is 0 Å². The fraction of sp³-hybridized carbons (Fsp3) is 0.0698. The van der Waals surface area contributed by atoms with Gasteiger partial charge in [-0.05, 0) is 87.1 Å². The lowest BCUT2D eigenvalue weighted by Gasteiger charge is -2.27. The molecule has 1 aliphatic carbocycles. The molecule has 1 aromatic heterocycles. The molecular weight excluding hydrogens is 546 g/mol. The van der Waals surface area contributed by atoms with Crippen molar-refractivity contribution in [1.29, 1.82) is 0 Å². The van der Waals surface area contributed by atoms with Gasteiger partial charge in [0.2, 0.25) is 0 Å². The molecule has 0 saturated carbocycles. The summed E-state index contributed by atoms with van der Waals surface area (Å²) >= 11 is 0. The molecule has 8 aromatic rings. The third-order valence-electron chi connectivity index (χ3n) is 9.64. The van der Waals surface area contributed by atoms with E-state index in [0.29, 0.717) is 0 Å². The molecule has 0 bridgehead atoms. The summed E-state index contributed by atoms with van der Waals surface area (Å²) in [6.45, 7) is 4.66. The fourth-order valence-corrected chi connectivity index (χ4v) is 7.46. The number of hydrogen-bond donors (Lipinski definition) is 0. The van der Waals surface area contributed by atoms with Crippen molar-refractivity contribution in [2.24, 2.45) is 0 Å². The van der Waals surface area contributed by atoms with E-state index >= 15 is 0 Å². The number of anilines is 3. The first-order valence-electron chi connectivity index (χ1n) is 15.6. The molecule has 0 N–H and O–H groups in total. The van der Waals surface area contributed by atoms with Crippen molar-refractivity contribution in [3.8, 4) is 22.3 Å². The van der Waals surface area contributed by atoms with E-state index in [1.165, 1.54) is 33.0 Å². The largest absolute Gasteiger partial charge is 0.455 e. The topological polar surface area (TPSA) is 16.4 Å². The van der Waals surface area contributed by atoms with Crippen LogP contribution in [-0.4, -0.2) is 0 Å². The van der Waals surface area contributed by atoms with E-state index in [4.69, 9.17) is 4.42 Å². The van der Waals surface area contributed by atoms with Crippen molar-refractivity contribution in [3.05, 3.63) is 163 Å². The van der Waals surface area contributed by atoms with Gasteiger partial charge in [-0.1, -0.05) is 117 Å². The predicted molar refractivity (Wildman–Crippen MR) is 189 cm³/mol. The number of nitrogens with zero attached hydrogens (tertiary/aromatic N) is 1. The predicted octanol–water partition coefficient (Wildman–Crippen LogP) is 12.2. The van der Waals surface area contributed by atoms with Crippen LogP contribution in [0.1, 0.15) is 25.0 Å². The summed E-state index contributed by atoms with van der Waals surface area (Å²) in [4.78, 5) is 2.36. The van der Waals surface area contributed by atoms with E-state index in [2.05, 4.69) is 164 Å². The van der Waals surface area contributed by atoms with Crippen LogP contribution in [-0.2, 0) is 5.41 Å². The van der Waals surface area contributed by atoms with Crippen molar-refractivity contribution in [1.82, 2.24) is 0 Å². The van der Waals surface area contributed by atoms with Gasteiger partial charge in [0.15, 0.2) is 0 Å². The Balaban J connectivity index is 1.21. The Morgan fingerprint density at radius 3 is 1.98 bits per heavy atom. The first-order chi connectivity index (χ1) is 22.1. The highest BCUT2D eigenvalue weighted by molar-refractivity contribution is 6.18. The maximum absolute atomic E-state index is 6.54. The van der Waals surface area contributed by atoms with Gasteiger partial charge in [-0.2, -0.15) is 0 Å². The third kappa shape index (κ3) is 3.89. The summed E-state index contributed by atoms with van der Waals surface area (Å²) in [5, 5.41) is 4.70. The fourth-order valence-electron chi connectivity index (χ4n) is 7.46. The first-order valence-corrected chi connectivity index (χ1v) is 15.6. The maximum Gasteiger partial charge on any atom is 0.143 e. The zero-order valence-electron chi connectivity index (χ0n) is 25.3. The SMILES string of the molecule is CC1(C)c2ccccc2-c2cc(N(c3ccccc3)c3ccc(-c4c5ccccc5cc5c4oc4ccccc45)cc3)ccc21. The van der Waals surface area contributed by atoms with E-state index in [-0.39, 0.29) is 5.41 Å². The molecular formula is C43H31NO. The minimum atomic E-state index is -0.0237. The lowest BCUT2D eigenvalue weighted by molar-refractivity contribution is 0.660. The van der Waals surface area contributed by atoms with Gasteiger partial charge in [0.05, 0.1) is 0 Å². The Kier molecular flexibility index (Phi) is 5.58. The van der Waals surface area contributed by atoms with Crippen LogP contribution in [0.4, 0.5) is 17.1 Å². The average molecular weight is 578 g/mol. The molecule has 0 fully saturated rings. The summed E-state index contributed by atoms with van der Waals surface area (Å²) in [5.41, 5.74) is 12.9. The van der Waals surface area contributed by atoms with Crippen molar-refractivity contribution in [2.75, 3.05) is 4.90 Å². The van der Waals surface area contributed by atoms with Gasteiger partial charge in [0.1, 0.15) is 11.2 Å². The van der Waals surface area contributed by atoms with Crippen LogP contribution in [0.25, 0.3) is 55.0 Å². The Hall–Kier alpha value is -5.60. The smallest absolute Gasteiger partial charge is 0.143 e. The quantitative estimate of drug-likeness (QED) is 0.207. The highest BCUT2D eigenvalue weighted by atomic mass is 16.3. The lowest BCUT2D eigenvalue weighted by Crippen LogP contribution is -2.15. The summed E-state index contributed by atoms with van der Waals surface area (Å²) in [5.74, 6) is 0. The van der Waals surface area contributed by atoms with Gasteiger partial charge in [0.25, 0.3) is 0 Å². The van der Waals surface area contributed by atoms with Crippen LogP contribution in [0.5, 0.6) is 0 Å². The molecule has 1 aliphatic rings. The van der Waals surface area contributed by atoms with Gasteiger partial charge in [-0.3, -0.25) is 0 Å². The standard InChI is InChI=1S/C43H31NO/c1-43(2)38-18-10-8-16-34(38)36-27-32(24-25-39(36)43)44(30-13-4-3-5-14-30)31-22-20-28(21-23-31)41-33-15-7-6-12-29(33)26-37-35-17-9-11-19-40(35)45-42(37)41/h3-27H,1-2H3. The van der Waals surface area contributed by atoms with Crippen LogP contribution in [0.15, 0.2) is 156 Å². The normalized spacial score (nSPS) is 13.3. The number of fused-ring (bicyclic) bond motifs is 7. The summed E-state index contributed by atoms with van der Waals surface area (Å²) in [6.07, 6.45) is 0. The van der Waals surface area contributed by atoms with E-state index < -0.39 is 0 Å². The van der Waals surface area contributed by atoms with Crippen molar-refractivity contribution < 1.29 is 4.42 Å². The Morgan fingerprint density at radius 2 is 1.13 bits per heavy atom. The third-order valence-corrected chi connectivity index (χ3v) is 9.64. The number of hydrogen-bond acceptors (Lipinski definition) is 2. The summed E-state index contributed by atoms with van der Waals surface area (Å²) in [7, 11) is 0. The molecule has 45 heavy (non-hydrogen) atoms. The molecule has 7 aromatic carbocycles. The molecule has 1 heterocycles. The molecule has 0 amide bonds. The maximum atomic E-state index is 6.54. The summed E-state index contributed by atoms with van der Waals surface area (Å²) in [6, 6.07) is 54.6. The van der Waals surface area contributed by atoms with E-state index in [9.17, 15) is 0 Å². The minimum Gasteiger partial charge on any atom is -0.455 e. The number of rotatable bonds is 4. The second-order valence-corrected chi connectivity index (χ2v) is 12.6. The van der Waals surface area contributed by atoms with Gasteiger partial charge < -0.3 is 9.32 Å². The van der Waals surface area contributed by atoms with E-state index in [1.807, 2.05) is 6.07 Å². The van der Waals surface area contributed by atoms with Crippen LogP contribution in [0, 0.1) is 0 Å². The molecule has 2 nitrogen and oxygen atoms in total. The Bertz CT molecular complexity index is 2400. The number of para-hydroxylation sites is 2. The highest BCUT2D eigenvalue weighted by Crippen LogP contribution is 2.50. The van der Waals surface area contributed by atoms with E-state index in [1.54, 1.807) is 0 Å². The molecule has 0 radical (unpaired) electrons. The second kappa shape index (κ2) is 9.70. The summed E-state index contributed by atoms with van der Waals surface area (Å²) < 4.78 is 6.54. The molecule has 214 valence electrons.